The van der Waals surface area contributed by atoms with Gasteiger partial charge in [-0.25, -0.2) is 4.79 Å². The number of nitrogens with one attached hydrogen (secondary N) is 1. The van der Waals surface area contributed by atoms with E-state index in [-0.39, 0.29) is 19.0 Å². The third-order valence-electron chi connectivity index (χ3n) is 3.41. The fraction of sp³-hybridized carbons (Fsp3) is 0.385. The summed E-state index contributed by atoms with van der Waals surface area (Å²) in [6, 6.07) is 5.38. The molecule has 0 saturated carbocycles. The standard InChI is InChI=1S/C13H15N3O4S/c14-4-9(17)10-5-16(13(19)20-10)7-1-2-11-8(3-7)15-12(18)6-21-11/h1-3,9-10,17H,4-6,14H2,(H,15,18)/t9-,10-/m0/s1. The van der Waals surface area contributed by atoms with Gasteiger partial charge in [0.1, 0.15) is 12.2 Å². The number of aliphatic hydroxyl groups excluding tert-OH is 1. The van der Waals surface area contributed by atoms with E-state index in [1.54, 1.807) is 12.1 Å². The van der Waals surface area contributed by atoms with Crippen molar-refractivity contribution < 1.29 is 19.4 Å². The van der Waals surface area contributed by atoms with Gasteiger partial charge in [0.25, 0.3) is 0 Å². The van der Waals surface area contributed by atoms with Crippen LogP contribution in [0.1, 0.15) is 0 Å². The van der Waals surface area contributed by atoms with Crippen LogP contribution in [-0.4, -0.2) is 48.2 Å². The summed E-state index contributed by atoms with van der Waals surface area (Å²) in [6.45, 7) is 0.264. The first-order valence-corrected chi connectivity index (χ1v) is 7.50. The zero-order valence-electron chi connectivity index (χ0n) is 11.1. The minimum atomic E-state index is -0.883. The molecule has 0 radical (unpaired) electrons. The SMILES string of the molecule is NC[C@H](O)[C@@H]1CN(c2ccc3c(c2)NC(=O)CS3)C(=O)O1. The largest absolute Gasteiger partial charge is 0.441 e. The Hall–Kier alpha value is -1.77. The van der Waals surface area contributed by atoms with E-state index < -0.39 is 18.3 Å². The molecule has 0 unspecified atom stereocenters. The van der Waals surface area contributed by atoms with Gasteiger partial charge in [-0.05, 0) is 18.2 Å². The number of benzene rings is 1. The number of carbonyl (C=O) groups excluding carboxylic acids is 2. The van der Waals surface area contributed by atoms with Crippen LogP contribution >= 0.6 is 11.8 Å². The van der Waals surface area contributed by atoms with Crippen LogP contribution in [0, 0.1) is 0 Å². The van der Waals surface area contributed by atoms with E-state index in [9.17, 15) is 14.7 Å². The molecule has 4 N–H and O–H groups in total. The highest BCUT2D eigenvalue weighted by Gasteiger charge is 2.36. The van der Waals surface area contributed by atoms with E-state index in [2.05, 4.69) is 5.32 Å². The monoisotopic (exact) mass is 309 g/mol. The lowest BCUT2D eigenvalue weighted by molar-refractivity contribution is -0.113. The number of fused-ring (bicyclic) bond motifs is 1. The molecule has 1 aromatic rings. The molecule has 1 fully saturated rings. The average Bonchev–Trinajstić information content (AvgIpc) is 2.87. The van der Waals surface area contributed by atoms with Crippen molar-refractivity contribution in [1.29, 1.82) is 0 Å². The first kappa shape index (κ1) is 14.2. The number of hydrogen-bond acceptors (Lipinski definition) is 6. The molecule has 2 aliphatic rings. The molecule has 0 aromatic heterocycles. The highest BCUT2D eigenvalue weighted by Crippen LogP contribution is 2.35. The lowest BCUT2D eigenvalue weighted by Gasteiger charge is -2.20. The van der Waals surface area contributed by atoms with E-state index in [0.717, 1.165) is 4.90 Å². The van der Waals surface area contributed by atoms with Crippen molar-refractivity contribution in [3.05, 3.63) is 18.2 Å². The number of aliphatic hydroxyl groups is 1. The van der Waals surface area contributed by atoms with Crippen LogP contribution in [-0.2, 0) is 9.53 Å². The third-order valence-corrected chi connectivity index (χ3v) is 4.49. The van der Waals surface area contributed by atoms with Crippen molar-refractivity contribution in [3.8, 4) is 0 Å². The molecule has 7 nitrogen and oxygen atoms in total. The summed E-state index contributed by atoms with van der Waals surface area (Å²) >= 11 is 1.45. The number of cyclic esters (lactones) is 1. The Kier molecular flexibility index (Phi) is 3.75. The van der Waals surface area contributed by atoms with Crippen LogP contribution < -0.4 is 16.0 Å². The molecular formula is C13H15N3O4S. The van der Waals surface area contributed by atoms with Gasteiger partial charge in [-0.1, -0.05) is 0 Å². The molecular weight excluding hydrogens is 294 g/mol. The van der Waals surface area contributed by atoms with Gasteiger partial charge in [-0.2, -0.15) is 0 Å². The number of nitrogens with two attached hydrogens (primary N) is 1. The van der Waals surface area contributed by atoms with Crippen LogP contribution in [0.4, 0.5) is 16.2 Å². The summed E-state index contributed by atoms with van der Waals surface area (Å²) in [5.41, 5.74) is 6.68. The Morgan fingerprint density at radius 3 is 3.10 bits per heavy atom. The summed E-state index contributed by atoms with van der Waals surface area (Å²) in [6.07, 6.45) is -2.04. The first-order valence-electron chi connectivity index (χ1n) is 6.51. The van der Waals surface area contributed by atoms with E-state index in [1.807, 2.05) is 6.07 Å². The maximum Gasteiger partial charge on any atom is 0.414 e. The van der Waals surface area contributed by atoms with Crippen LogP contribution in [0.3, 0.4) is 0 Å². The van der Waals surface area contributed by atoms with Gasteiger partial charge in [0.2, 0.25) is 5.91 Å². The minimum Gasteiger partial charge on any atom is -0.441 e. The quantitative estimate of drug-likeness (QED) is 0.745. The zero-order chi connectivity index (χ0) is 15.0. The Labute approximate surface area is 125 Å². The van der Waals surface area contributed by atoms with Crippen molar-refractivity contribution in [2.24, 2.45) is 5.73 Å². The third kappa shape index (κ3) is 2.69. The van der Waals surface area contributed by atoms with Crippen LogP contribution in [0.5, 0.6) is 0 Å². The van der Waals surface area contributed by atoms with Gasteiger partial charge in [-0.3, -0.25) is 9.69 Å². The average molecular weight is 309 g/mol. The molecule has 112 valence electrons. The summed E-state index contributed by atoms with van der Waals surface area (Å²) < 4.78 is 5.11. The van der Waals surface area contributed by atoms with Crippen molar-refractivity contribution in [3.63, 3.8) is 0 Å². The second-order valence-electron chi connectivity index (χ2n) is 4.85. The normalized spacial score (nSPS) is 22.6. The summed E-state index contributed by atoms with van der Waals surface area (Å²) in [4.78, 5) is 25.7. The highest BCUT2D eigenvalue weighted by atomic mass is 32.2. The van der Waals surface area contributed by atoms with Crippen molar-refractivity contribution in [2.75, 3.05) is 29.1 Å². The zero-order valence-corrected chi connectivity index (χ0v) is 11.9. The van der Waals surface area contributed by atoms with Crippen molar-refractivity contribution in [2.45, 2.75) is 17.1 Å². The Bertz CT molecular complexity index is 595. The minimum absolute atomic E-state index is 0.0304. The van der Waals surface area contributed by atoms with Crippen molar-refractivity contribution >= 4 is 35.1 Å². The van der Waals surface area contributed by atoms with Crippen molar-refractivity contribution in [1.82, 2.24) is 0 Å². The number of rotatable bonds is 3. The molecule has 3 rings (SSSR count). The maximum absolute atomic E-state index is 11.9. The van der Waals surface area contributed by atoms with Crippen LogP contribution in [0.2, 0.25) is 0 Å². The predicted octanol–water partition coefficient (Wildman–Crippen LogP) is 0.376. The van der Waals surface area contributed by atoms with E-state index in [0.29, 0.717) is 17.1 Å². The Morgan fingerprint density at radius 2 is 2.33 bits per heavy atom. The van der Waals surface area contributed by atoms with Crippen LogP contribution in [0.25, 0.3) is 0 Å². The van der Waals surface area contributed by atoms with Crippen LogP contribution in [0.15, 0.2) is 23.1 Å². The fourth-order valence-electron chi connectivity index (χ4n) is 2.29. The fourth-order valence-corrected chi connectivity index (χ4v) is 3.08. The van der Waals surface area contributed by atoms with Gasteiger partial charge in [0, 0.05) is 17.1 Å². The number of anilines is 2. The Morgan fingerprint density at radius 1 is 1.52 bits per heavy atom. The molecule has 2 heterocycles. The molecule has 0 aliphatic carbocycles. The molecule has 1 saturated heterocycles. The second-order valence-corrected chi connectivity index (χ2v) is 5.87. The number of ether oxygens (including phenoxy) is 1. The summed E-state index contributed by atoms with van der Waals surface area (Å²) in [5, 5.41) is 12.5. The number of hydrogen-bond donors (Lipinski definition) is 3. The van der Waals surface area contributed by atoms with Gasteiger partial charge in [-0.15, -0.1) is 11.8 Å². The summed E-state index contributed by atoms with van der Waals surface area (Å²) in [5.74, 6) is 0.327. The molecule has 2 aliphatic heterocycles. The molecule has 0 bridgehead atoms. The van der Waals surface area contributed by atoms with Gasteiger partial charge in [0.15, 0.2) is 0 Å². The number of amides is 2. The first-order chi connectivity index (χ1) is 10.1. The van der Waals surface area contributed by atoms with E-state index >= 15 is 0 Å². The Balaban J connectivity index is 1.83. The lowest BCUT2D eigenvalue weighted by Crippen LogP contribution is -2.36. The molecule has 2 atom stereocenters. The lowest BCUT2D eigenvalue weighted by atomic mass is 10.2. The molecule has 1 aromatic carbocycles. The van der Waals surface area contributed by atoms with Gasteiger partial charge >= 0.3 is 6.09 Å². The second kappa shape index (κ2) is 5.55. The number of thioether (sulfide) groups is 1. The van der Waals surface area contributed by atoms with E-state index in [4.69, 9.17) is 10.5 Å². The number of carbonyl (C=O) groups is 2. The summed E-state index contributed by atoms with van der Waals surface area (Å²) in [7, 11) is 0. The molecule has 0 spiro atoms. The molecule has 21 heavy (non-hydrogen) atoms. The molecule has 8 heteroatoms. The molecule has 2 amide bonds. The predicted molar refractivity (Wildman–Crippen MR) is 78.5 cm³/mol. The number of nitrogens with zero attached hydrogens (tertiary/aromatic N) is 1. The van der Waals surface area contributed by atoms with Gasteiger partial charge < -0.3 is 20.9 Å². The maximum atomic E-state index is 11.9. The highest BCUT2D eigenvalue weighted by molar-refractivity contribution is 8.00. The smallest absolute Gasteiger partial charge is 0.414 e. The topological polar surface area (TPSA) is 105 Å². The van der Waals surface area contributed by atoms with Gasteiger partial charge in [0.05, 0.1) is 18.0 Å². The van der Waals surface area contributed by atoms with E-state index in [1.165, 1.54) is 16.7 Å².